The molecule has 1 aromatic rings. The summed E-state index contributed by atoms with van der Waals surface area (Å²) in [5.41, 5.74) is 6.30. The monoisotopic (exact) mass is 295 g/mol. The molecule has 0 radical (unpaired) electrons. The Labute approximate surface area is 126 Å². The van der Waals surface area contributed by atoms with Gasteiger partial charge in [0.05, 0.1) is 20.8 Å². The van der Waals surface area contributed by atoms with Crippen molar-refractivity contribution in [1.29, 1.82) is 0 Å². The highest BCUT2D eigenvalue weighted by molar-refractivity contribution is 5.71. The van der Waals surface area contributed by atoms with Crippen LogP contribution in [0.2, 0.25) is 0 Å². The summed E-state index contributed by atoms with van der Waals surface area (Å²) in [5.74, 6) is 1.34. The average molecular weight is 295 g/mol. The Hall–Kier alpha value is -1.75. The van der Waals surface area contributed by atoms with Gasteiger partial charge in [0.15, 0.2) is 0 Å². The first-order valence-corrected chi connectivity index (χ1v) is 7.06. The second-order valence-electron chi connectivity index (χ2n) is 5.28. The van der Waals surface area contributed by atoms with Gasteiger partial charge in [0.2, 0.25) is 0 Å². The normalized spacial score (nSPS) is 13.7. The van der Waals surface area contributed by atoms with Crippen molar-refractivity contribution in [2.45, 2.75) is 32.8 Å². The minimum atomic E-state index is -0.402. The zero-order chi connectivity index (χ0) is 16.0. The van der Waals surface area contributed by atoms with Crippen LogP contribution in [0.25, 0.3) is 0 Å². The second kappa shape index (κ2) is 7.88. The Morgan fingerprint density at radius 3 is 2.33 bits per heavy atom. The first kappa shape index (κ1) is 17.3. The van der Waals surface area contributed by atoms with Crippen LogP contribution in [0.15, 0.2) is 18.2 Å². The van der Waals surface area contributed by atoms with Crippen molar-refractivity contribution in [2.75, 3.05) is 20.8 Å². The lowest BCUT2D eigenvalue weighted by Gasteiger charge is -2.29. The smallest absolute Gasteiger partial charge is 0.319 e. The maximum atomic E-state index is 11.4. The Kier molecular flexibility index (Phi) is 6.49. The number of carbonyl (C=O) groups excluding carboxylic acids is 1. The molecule has 118 valence electrons. The molecule has 0 saturated carbocycles. The first-order valence-electron chi connectivity index (χ1n) is 7.06. The number of hydrogen-bond donors (Lipinski definition) is 1. The number of carbonyl (C=O) groups is 1. The molecule has 0 bridgehead atoms. The number of hydrogen-bond acceptors (Lipinski definition) is 5. The molecule has 1 rings (SSSR count). The molecule has 0 fully saturated rings. The molecule has 0 amide bonds. The largest absolute Gasteiger partial charge is 0.497 e. The van der Waals surface area contributed by atoms with Gasteiger partial charge in [-0.15, -0.1) is 0 Å². The van der Waals surface area contributed by atoms with E-state index in [1.807, 2.05) is 25.1 Å². The van der Waals surface area contributed by atoms with Crippen LogP contribution >= 0.6 is 0 Å². The van der Waals surface area contributed by atoms with Crippen molar-refractivity contribution in [1.82, 2.24) is 0 Å². The molecule has 2 atom stereocenters. The second-order valence-corrected chi connectivity index (χ2v) is 5.28. The molecule has 5 heteroatoms. The Bertz CT molecular complexity index is 473. The van der Waals surface area contributed by atoms with E-state index < -0.39 is 5.97 Å². The maximum Gasteiger partial charge on any atom is 0.319 e. The minimum absolute atomic E-state index is 0.0151. The van der Waals surface area contributed by atoms with E-state index in [9.17, 15) is 4.79 Å². The third-order valence-electron chi connectivity index (χ3n) is 3.51. The van der Waals surface area contributed by atoms with Crippen molar-refractivity contribution in [3.63, 3.8) is 0 Å². The highest BCUT2D eigenvalue weighted by Gasteiger charge is 2.28. The number of ether oxygens (including phenoxy) is 3. The van der Waals surface area contributed by atoms with Crippen molar-refractivity contribution in [3.05, 3.63) is 23.8 Å². The number of nitrogens with two attached hydrogens (primary N) is 1. The zero-order valence-electron chi connectivity index (χ0n) is 13.4. The number of methoxy groups -OCH3 is 2. The van der Waals surface area contributed by atoms with E-state index in [2.05, 4.69) is 13.8 Å². The highest BCUT2D eigenvalue weighted by atomic mass is 16.5. The fraction of sp³-hybridized carbons (Fsp3) is 0.562. The summed E-state index contributed by atoms with van der Waals surface area (Å²) in [7, 11) is 3.23. The first-order chi connectivity index (χ1) is 9.94. The van der Waals surface area contributed by atoms with Crippen LogP contribution < -0.4 is 15.2 Å². The van der Waals surface area contributed by atoms with Gasteiger partial charge >= 0.3 is 5.97 Å². The summed E-state index contributed by atoms with van der Waals surface area (Å²) in [5, 5.41) is 0. The molecule has 1 unspecified atom stereocenters. The molecule has 5 nitrogen and oxygen atoms in total. The van der Waals surface area contributed by atoms with E-state index in [4.69, 9.17) is 19.9 Å². The van der Waals surface area contributed by atoms with E-state index in [1.165, 1.54) is 0 Å². The SMILES string of the molecule is COc1ccc([C@H](C(C)C)C(C)OC(=O)CN)c(OC)c1. The molecule has 2 N–H and O–H groups in total. The van der Waals surface area contributed by atoms with E-state index in [1.54, 1.807) is 14.2 Å². The van der Waals surface area contributed by atoms with E-state index in [0.29, 0.717) is 0 Å². The van der Waals surface area contributed by atoms with Gasteiger partial charge in [-0.2, -0.15) is 0 Å². The Morgan fingerprint density at radius 1 is 1.19 bits per heavy atom. The summed E-state index contributed by atoms with van der Waals surface area (Å²) in [4.78, 5) is 11.4. The highest BCUT2D eigenvalue weighted by Crippen LogP contribution is 2.37. The van der Waals surface area contributed by atoms with Gasteiger partial charge in [0.25, 0.3) is 0 Å². The van der Waals surface area contributed by atoms with Gasteiger partial charge < -0.3 is 19.9 Å². The molecule has 0 heterocycles. The van der Waals surface area contributed by atoms with Gasteiger partial charge in [0.1, 0.15) is 17.6 Å². The van der Waals surface area contributed by atoms with Crippen molar-refractivity contribution >= 4 is 5.97 Å². The molecule has 0 aromatic heterocycles. The van der Waals surface area contributed by atoms with Crippen LogP contribution in [0.4, 0.5) is 0 Å². The van der Waals surface area contributed by atoms with E-state index >= 15 is 0 Å². The third-order valence-corrected chi connectivity index (χ3v) is 3.51. The van der Waals surface area contributed by atoms with Crippen molar-refractivity contribution in [2.24, 2.45) is 11.7 Å². The average Bonchev–Trinajstić information content (AvgIpc) is 2.47. The number of benzene rings is 1. The molecular weight excluding hydrogens is 270 g/mol. The fourth-order valence-electron chi connectivity index (χ4n) is 2.58. The van der Waals surface area contributed by atoms with Crippen molar-refractivity contribution in [3.8, 4) is 11.5 Å². The fourth-order valence-corrected chi connectivity index (χ4v) is 2.58. The van der Waals surface area contributed by atoms with Crippen LogP contribution in [-0.4, -0.2) is 32.8 Å². The minimum Gasteiger partial charge on any atom is -0.497 e. The molecular formula is C16H25NO4. The topological polar surface area (TPSA) is 70.8 Å². The maximum absolute atomic E-state index is 11.4. The number of rotatable bonds is 7. The zero-order valence-corrected chi connectivity index (χ0v) is 13.4. The summed E-state index contributed by atoms with van der Waals surface area (Å²) < 4.78 is 16.1. The molecule has 0 saturated heterocycles. The summed E-state index contributed by atoms with van der Waals surface area (Å²) in [6.07, 6.45) is -0.289. The summed E-state index contributed by atoms with van der Waals surface area (Å²) in [6, 6.07) is 5.67. The Balaban J connectivity index is 3.13. The standard InChI is InChI=1S/C16H25NO4/c1-10(2)16(11(3)21-15(18)9-17)13-7-6-12(19-4)8-14(13)20-5/h6-8,10-11,16H,9,17H2,1-5H3/t11?,16-/m1/s1. The van der Waals surface area contributed by atoms with E-state index in [-0.39, 0.29) is 24.5 Å². The predicted octanol–water partition coefficient (Wildman–Crippen LogP) is 2.33. The van der Waals surface area contributed by atoms with Crippen LogP contribution in [-0.2, 0) is 9.53 Å². The summed E-state index contributed by atoms with van der Waals surface area (Å²) in [6.45, 7) is 5.93. The van der Waals surface area contributed by atoms with E-state index in [0.717, 1.165) is 17.1 Å². The van der Waals surface area contributed by atoms with Gasteiger partial charge in [0, 0.05) is 17.5 Å². The molecule has 0 aliphatic heterocycles. The molecule has 0 aliphatic rings. The molecule has 21 heavy (non-hydrogen) atoms. The lowest BCUT2D eigenvalue weighted by molar-refractivity contribution is -0.148. The number of esters is 1. The quantitative estimate of drug-likeness (QED) is 0.782. The van der Waals surface area contributed by atoms with Crippen LogP contribution in [0.3, 0.4) is 0 Å². The van der Waals surface area contributed by atoms with Gasteiger partial charge in [-0.3, -0.25) is 4.79 Å². The lowest BCUT2D eigenvalue weighted by Crippen LogP contribution is -2.29. The Morgan fingerprint density at radius 2 is 1.86 bits per heavy atom. The third kappa shape index (κ3) is 4.36. The molecule has 0 aliphatic carbocycles. The predicted molar refractivity (Wildman–Crippen MR) is 81.7 cm³/mol. The van der Waals surface area contributed by atoms with Gasteiger partial charge in [-0.25, -0.2) is 0 Å². The summed E-state index contributed by atoms with van der Waals surface area (Å²) >= 11 is 0. The van der Waals surface area contributed by atoms with Gasteiger partial charge in [-0.1, -0.05) is 19.9 Å². The molecule has 0 spiro atoms. The lowest BCUT2D eigenvalue weighted by atomic mass is 9.84. The molecule has 1 aromatic carbocycles. The van der Waals surface area contributed by atoms with Crippen molar-refractivity contribution < 1.29 is 19.0 Å². The van der Waals surface area contributed by atoms with Gasteiger partial charge in [-0.05, 0) is 18.9 Å². The van der Waals surface area contributed by atoms with Crippen LogP contribution in [0.1, 0.15) is 32.3 Å². The van der Waals surface area contributed by atoms with Crippen LogP contribution in [0, 0.1) is 5.92 Å². The van der Waals surface area contributed by atoms with Crippen LogP contribution in [0.5, 0.6) is 11.5 Å².